The van der Waals surface area contributed by atoms with Crippen LogP contribution in [-0.4, -0.2) is 90.5 Å². The minimum Gasteiger partial charge on any atom is -0.455 e. The van der Waals surface area contributed by atoms with Crippen molar-refractivity contribution in [2.24, 2.45) is 16.7 Å². The lowest BCUT2D eigenvalue weighted by molar-refractivity contribution is -0.347. The second-order valence-corrected chi connectivity index (χ2v) is 12.6. The van der Waals surface area contributed by atoms with Crippen LogP contribution in [0.15, 0.2) is 41.5 Å². The molecule has 1 aromatic rings. The Morgan fingerprint density at radius 2 is 1.73 bits per heavy atom. The number of methoxy groups -OCH3 is 2. The van der Waals surface area contributed by atoms with Crippen molar-refractivity contribution in [3.63, 3.8) is 0 Å². The van der Waals surface area contributed by atoms with Crippen molar-refractivity contribution in [1.29, 1.82) is 0 Å². The lowest BCUT2D eigenvalue weighted by atomic mass is 9.44. The molecule has 1 heterocycles. The second kappa shape index (κ2) is 9.98. The van der Waals surface area contributed by atoms with E-state index in [1.807, 2.05) is 0 Å². The third-order valence-corrected chi connectivity index (χ3v) is 10.4. The van der Waals surface area contributed by atoms with E-state index in [-0.39, 0.29) is 30.8 Å². The Morgan fingerprint density at radius 3 is 2.27 bits per heavy atom. The molecule has 5 rings (SSSR count). The van der Waals surface area contributed by atoms with Gasteiger partial charge in [0, 0.05) is 39.4 Å². The molecule has 3 fully saturated rings. The molecule has 1 aliphatic heterocycles. The molecule has 1 aromatic carbocycles. The van der Waals surface area contributed by atoms with Crippen LogP contribution in [0, 0.1) is 16.7 Å². The van der Waals surface area contributed by atoms with Gasteiger partial charge in [-0.1, -0.05) is 32.0 Å². The lowest BCUT2D eigenvalue weighted by Gasteiger charge is -2.67. The molecule has 2 saturated carbocycles. The number of aliphatic hydroxyl groups excluding tert-OH is 1. The molecule has 2 N–H and O–H groups in total. The van der Waals surface area contributed by atoms with Crippen molar-refractivity contribution in [1.82, 2.24) is 0 Å². The maximum absolute atomic E-state index is 14.9. The van der Waals surface area contributed by atoms with Gasteiger partial charge in [0.05, 0.1) is 35.7 Å². The van der Waals surface area contributed by atoms with E-state index in [2.05, 4.69) is 0 Å². The van der Waals surface area contributed by atoms with Crippen LogP contribution in [0.1, 0.15) is 57.8 Å². The normalized spacial score (nSPS) is 41.2. The maximum Gasteiger partial charge on any atom is 0.338 e. The predicted octanol–water partition coefficient (Wildman–Crippen LogP) is 2.39. The Balaban J connectivity index is 1.84. The van der Waals surface area contributed by atoms with Gasteiger partial charge in [-0.25, -0.2) is 4.79 Å². The van der Waals surface area contributed by atoms with Gasteiger partial charge in [-0.2, -0.15) is 0 Å². The van der Waals surface area contributed by atoms with Gasteiger partial charge < -0.3 is 33.9 Å². The maximum atomic E-state index is 14.9. The molecule has 1 saturated heterocycles. The fourth-order valence-electron chi connectivity index (χ4n) is 8.17. The van der Waals surface area contributed by atoms with Crippen molar-refractivity contribution in [3.05, 3.63) is 47.0 Å². The summed E-state index contributed by atoms with van der Waals surface area (Å²) in [6.07, 6.45) is -5.17. The van der Waals surface area contributed by atoms with Crippen LogP contribution in [0.4, 0.5) is 0 Å². The van der Waals surface area contributed by atoms with Gasteiger partial charge in [-0.15, -0.1) is 0 Å². The van der Waals surface area contributed by atoms with Gasteiger partial charge in [0.1, 0.15) is 23.9 Å². The number of carbonyl (C=O) groups is 3. The highest BCUT2D eigenvalue weighted by Gasteiger charge is 2.78. The summed E-state index contributed by atoms with van der Waals surface area (Å²) in [5, 5.41) is 24.2. The van der Waals surface area contributed by atoms with Gasteiger partial charge in [-0.3, -0.25) is 9.59 Å². The third-order valence-electron chi connectivity index (χ3n) is 10.4. The molecule has 0 amide bonds. The number of hydrogen-bond donors (Lipinski definition) is 2. The van der Waals surface area contributed by atoms with Gasteiger partial charge >= 0.3 is 11.9 Å². The monoisotopic (exact) mass is 572 g/mol. The number of ketones is 1. The van der Waals surface area contributed by atoms with E-state index in [1.54, 1.807) is 58.0 Å². The zero-order valence-electron chi connectivity index (χ0n) is 24.6. The number of aliphatic hydroxyl groups is 2. The molecule has 3 aliphatic carbocycles. The minimum atomic E-state index is -1.93. The topological polar surface area (TPSA) is 138 Å². The Labute approximate surface area is 239 Å². The molecule has 1 unspecified atom stereocenters. The van der Waals surface area contributed by atoms with Crippen molar-refractivity contribution in [3.8, 4) is 0 Å². The number of fused-ring (bicyclic) bond motifs is 5. The summed E-state index contributed by atoms with van der Waals surface area (Å²) in [6.45, 7) is 8.13. The van der Waals surface area contributed by atoms with E-state index in [1.165, 1.54) is 21.1 Å². The standard InChI is InChI=1S/C31H40O10/c1-16-19(33)14-31(36)26(40-27(35)18-11-9-8-10-12-18)24-29(5,25(34)23(38-7)22(16)28(31,3)4)20(37-6)13-21-30(24,15-39-21)41-17(2)32/h8-12,19-21,23-24,26,33,36H,13-15H2,1-7H3/t19-,20-,21+,23+,24?,26-,29+,30-,31+/m0/s1. The van der Waals surface area contributed by atoms with E-state index < -0.39 is 70.4 Å². The molecule has 224 valence electrons. The number of rotatable bonds is 5. The summed E-state index contributed by atoms with van der Waals surface area (Å²) >= 11 is 0. The smallest absolute Gasteiger partial charge is 0.338 e. The van der Waals surface area contributed by atoms with Crippen LogP contribution < -0.4 is 0 Å². The first kappa shape index (κ1) is 29.8. The lowest BCUT2D eigenvalue weighted by Crippen LogP contribution is -2.82. The molecule has 10 nitrogen and oxygen atoms in total. The van der Waals surface area contributed by atoms with Crippen LogP contribution in [0.2, 0.25) is 0 Å². The summed E-state index contributed by atoms with van der Waals surface area (Å²) in [6, 6.07) is 8.32. The predicted molar refractivity (Wildman–Crippen MR) is 145 cm³/mol. The van der Waals surface area contributed by atoms with Crippen molar-refractivity contribution in [2.75, 3.05) is 20.8 Å². The highest BCUT2D eigenvalue weighted by Crippen LogP contribution is 2.64. The fraction of sp³-hybridized carbons (Fsp3) is 0.645. The number of carbonyl (C=O) groups excluding carboxylic acids is 3. The summed E-state index contributed by atoms with van der Waals surface area (Å²) in [5.41, 5.74) is -4.88. The van der Waals surface area contributed by atoms with Gasteiger partial charge in [-0.05, 0) is 37.1 Å². The van der Waals surface area contributed by atoms with Crippen molar-refractivity contribution >= 4 is 17.7 Å². The molecule has 0 spiro atoms. The van der Waals surface area contributed by atoms with Crippen LogP contribution in [-0.2, 0) is 33.3 Å². The minimum absolute atomic E-state index is 0.0704. The number of ether oxygens (including phenoxy) is 5. The summed E-state index contributed by atoms with van der Waals surface area (Å²) in [5.74, 6) is -2.83. The highest BCUT2D eigenvalue weighted by atomic mass is 16.6. The Bertz CT molecular complexity index is 1270. The van der Waals surface area contributed by atoms with E-state index in [0.717, 1.165) is 0 Å². The average Bonchev–Trinajstić information content (AvgIpc) is 2.91. The Morgan fingerprint density at radius 1 is 1.07 bits per heavy atom. The van der Waals surface area contributed by atoms with Gasteiger partial charge in [0.15, 0.2) is 11.4 Å². The largest absolute Gasteiger partial charge is 0.455 e. The number of benzene rings is 1. The average molecular weight is 573 g/mol. The Kier molecular flexibility index (Phi) is 7.27. The summed E-state index contributed by atoms with van der Waals surface area (Å²) < 4.78 is 30.1. The van der Waals surface area contributed by atoms with Crippen LogP contribution in [0.25, 0.3) is 0 Å². The fourth-order valence-corrected chi connectivity index (χ4v) is 8.17. The van der Waals surface area contributed by atoms with Crippen molar-refractivity contribution < 1.29 is 48.3 Å². The third kappa shape index (κ3) is 3.98. The van der Waals surface area contributed by atoms with E-state index in [4.69, 9.17) is 23.7 Å². The highest BCUT2D eigenvalue weighted by molar-refractivity contribution is 5.94. The van der Waals surface area contributed by atoms with Crippen molar-refractivity contribution in [2.45, 2.75) is 89.2 Å². The number of esters is 2. The zero-order valence-corrected chi connectivity index (χ0v) is 24.6. The SMILES string of the molecule is CO[C@H]1C(=O)[C@@]2(C)C([C@H](OC(=O)c3ccccc3)[C@]3(O)C[C@H](O)C(C)=C1C3(C)C)[C@]1(OC(C)=O)CO[C@@H]1C[C@@H]2OC. The molecule has 41 heavy (non-hydrogen) atoms. The molecule has 0 radical (unpaired) electrons. The molecule has 0 aromatic heterocycles. The first-order valence-electron chi connectivity index (χ1n) is 14.0. The van der Waals surface area contributed by atoms with E-state index >= 15 is 0 Å². The van der Waals surface area contributed by atoms with Crippen LogP contribution in [0.5, 0.6) is 0 Å². The van der Waals surface area contributed by atoms with Gasteiger partial charge in [0.25, 0.3) is 0 Å². The van der Waals surface area contributed by atoms with E-state index in [0.29, 0.717) is 11.1 Å². The quantitative estimate of drug-likeness (QED) is 0.400. The summed E-state index contributed by atoms with van der Waals surface area (Å²) in [4.78, 5) is 41.2. The van der Waals surface area contributed by atoms with Gasteiger partial charge in [0.2, 0.25) is 0 Å². The zero-order chi connectivity index (χ0) is 30.1. The van der Waals surface area contributed by atoms with Crippen LogP contribution in [0.3, 0.4) is 0 Å². The van der Waals surface area contributed by atoms with E-state index in [9.17, 15) is 24.6 Å². The first-order chi connectivity index (χ1) is 19.2. The van der Waals surface area contributed by atoms with Crippen LogP contribution >= 0.6 is 0 Å². The Hall–Kier alpha value is -2.63. The summed E-state index contributed by atoms with van der Waals surface area (Å²) in [7, 11) is 2.89. The number of hydrogen-bond acceptors (Lipinski definition) is 10. The first-order valence-corrected chi connectivity index (χ1v) is 14.0. The molecule has 9 atom stereocenters. The second-order valence-electron chi connectivity index (χ2n) is 12.6. The molecule has 2 bridgehead atoms. The number of Topliss-reactive ketones (excluding diaryl/α,β-unsaturated/α-hetero) is 1. The molecular weight excluding hydrogens is 532 g/mol. The molecular formula is C31H40O10. The molecule has 10 heteroatoms. The molecule has 4 aliphatic rings.